The van der Waals surface area contributed by atoms with Crippen molar-refractivity contribution in [2.75, 3.05) is 7.11 Å². The molecule has 4 nitrogen and oxygen atoms in total. The fraction of sp³-hybridized carbons (Fsp3) is 0.273. The van der Waals surface area contributed by atoms with Gasteiger partial charge in [0.25, 0.3) is 0 Å². The molecule has 0 bridgehead atoms. The van der Waals surface area contributed by atoms with Gasteiger partial charge in [-0.1, -0.05) is 0 Å². The van der Waals surface area contributed by atoms with E-state index in [-0.39, 0.29) is 11.9 Å². The van der Waals surface area contributed by atoms with Crippen LogP contribution in [-0.4, -0.2) is 17.9 Å². The molecular formula is C11H10BrNO3. The van der Waals surface area contributed by atoms with E-state index in [1.165, 1.54) is 12.3 Å². The smallest absolute Gasteiger partial charge is 0.162 e. The Kier molecular flexibility index (Phi) is 3.24. The molecule has 16 heavy (non-hydrogen) atoms. The molecule has 1 atom stereocenters. The molecule has 1 aliphatic rings. The maximum atomic E-state index is 11.3. The molecule has 0 aliphatic carbocycles. The van der Waals surface area contributed by atoms with Gasteiger partial charge in [0, 0.05) is 11.6 Å². The van der Waals surface area contributed by atoms with Crippen molar-refractivity contribution in [1.82, 2.24) is 4.98 Å². The van der Waals surface area contributed by atoms with Crippen molar-refractivity contribution in [2.45, 2.75) is 12.5 Å². The summed E-state index contributed by atoms with van der Waals surface area (Å²) in [6.07, 6.45) is 4.48. The maximum Gasteiger partial charge on any atom is 0.162 e. The highest BCUT2D eigenvalue weighted by Crippen LogP contribution is 2.33. The summed E-state index contributed by atoms with van der Waals surface area (Å²) in [6, 6.07) is 1.80. The quantitative estimate of drug-likeness (QED) is 0.782. The van der Waals surface area contributed by atoms with Gasteiger partial charge in [-0.3, -0.25) is 4.79 Å². The second kappa shape index (κ2) is 4.65. The van der Waals surface area contributed by atoms with Crippen LogP contribution in [0.15, 0.2) is 29.2 Å². The van der Waals surface area contributed by atoms with Gasteiger partial charge in [-0.2, -0.15) is 0 Å². The predicted octanol–water partition coefficient (Wildman–Crippen LogP) is 2.40. The lowest BCUT2D eigenvalue weighted by molar-refractivity contribution is -0.118. The molecule has 1 aromatic rings. The summed E-state index contributed by atoms with van der Waals surface area (Å²) in [7, 11) is 1.56. The summed E-state index contributed by atoms with van der Waals surface area (Å²) in [5, 5.41) is 0. The largest absolute Gasteiger partial charge is 0.495 e. The fourth-order valence-electron chi connectivity index (χ4n) is 1.55. The Hall–Kier alpha value is -1.36. The molecule has 1 unspecified atom stereocenters. The van der Waals surface area contributed by atoms with E-state index in [1.807, 2.05) is 0 Å². The number of hydrogen-bond donors (Lipinski definition) is 0. The van der Waals surface area contributed by atoms with Crippen LogP contribution in [0.25, 0.3) is 0 Å². The first-order valence-electron chi connectivity index (χ1n) is 4.75. The van der Waals surface area contributed by atoms with Crippen LogP contribution in [0.3, 0.4) is 0 Å². The van der Waals surface area contributed by atoms with Crippen molar-refractivity contribution in [3.8, 4) is 5.75 Å². The monoisotopic (exact) mass is 283 g/mol. The van der Waals surface area contributed by atoms with Gasteiger partial charge in [0.1, 0.15) is 16.5 Å². The summed E-state index contributed by atoms with van der Waals surface area (Å²) in [5.74, 6) is 0.669. The minimum atomic E-state index is -0.299. The van der Waals surface area contributed by atoms with Gasteiger partial charge < -0.3 is 9.47 Å². The van der Waals surface area contributed by atoms with Gasteiger partial charge in [-0.15, -0.1) is 0 Å². The first-order chi connectivity index (χ1) is 7.70. The van der Waals surface area contributed by atoms with E-state index in [0.29, 0.717) is 16.8 Å². The molecule has 0 radical (unpaired) electrons. The summed E-state index contributed by atoms with van der Waals surface area (Å²) in [5.41, 5.74) is 0.821. The van der Waals surface area contributed by atoms with Gasteiger partial charge in [-0.05, 0) is 22.0 Å². The molecule has 1 aliphatic heterocycles. The zero-order chi connectivity index (χ0) is 11.5. The van der Waals surface area contributed by atoms with Gasteiger partial charge in [0.15, 0.2) is 5.78 Å². The fourth-order valence-corrected chi connectivity index (χ4v) is 1.89. The molecule has 2 heterocycles. The number of ketones is 1. The molecule has 0 saturated heterocycles. The number of halogens is 1. The summed E-state index contributed by atoms with van der Waals surface area (Å²) < 4.78 is 11.3. The molecule has 0 saturated carbocycles. The minimum Gasteiger partial charge on any atom is -0.495 e. The van der Waals surface area contributed by atoms with Crippen LogP contribution in [0, 0.1) is 0 Å². The number of hydrogen-bond acceptors (Lipinski definition) is 4. The van der Waals surface area contributed by atoms with Crippen molar-refractivity contribution < 1.29 is 14.3 Å². The van der Waals surface area contributed by atoms with Crippen molar-refractivity contribution in [2.24, 2.45) is 0 Å². The number of rotatable bonds is 2. The second-order valence-electron chi connectivity index (χ2n) is 3.35. The lowest BCUT2D eigenvalue weighted by Gasteiger charge is -2.20. The van der Waals surface area contributed by atoms with E-state index < -0.39 is 0 Å². The SMILES string of the molecule is COc1cnc(Br)cc1C1CC(=O)C=CO1. The molecule has 0 spiro atoms. The van der Waals surface area contributed by atoms with Crippen LogP contribution in [0.2, 0.25) is 0 Å². The van der Waals surface area contributed by atoms with Crippen molar-refractivity contribution in [3.63, 3.8) is 0 Å². The zero-order valence-electron chi connectivity index (χ0n) is 8.64. The van der Waals surface area contributed by atoms with Crippen LogP contribution in [0.1, 0.15) is 18.1 Å². The standard InChI is InChI=1S/C11H10BrNO3/c1-15-10-6-13-11(12)5-8(10)9-4-7(14)2-3-16-9/h2-3,5-6,9H,4H2,1H3. The van der Waals surface area contributed by atoms with Gasteiger partial charge in [-0.25, -0.2) is 4.98 Å². The number of carbonyl (C=O) groups excluding carboxylic acids is 1. The normalized spacial score (nSPS) is 19.4. The average molecular weight is 284 g/mol. The number of allylic oxidation sites excluding steroid dienone is 1. The Labute approximate surface area is 101 Å². The summed E-state index contributed by atoms with van der Waals surface area (Å²) in [4.78, 5) is 15.4. The van der Waals surface area contributed by atoms with Crippen molar-refractivity contribution >= 4 is 21.7 Å². The Bertz CT molecular complexity index is 445. The highest BCUT2D eigenvalue weighted by atomic mass is 79.9. The van der Waals surface area contributed by atoms with E-state index in [9.17, 15) is 4.79 Å². The number of methoxy groups -OCH3 is 1. The third-order valence-electron chi connectivity index (χ3n) is 2.31. The highest BCUT2D eigenvalue weighted by Gasteiger charge is 2.22. The molecule has 2 rings (SSSR count). The van der Waals surface area contributed by atoms with Crippen LogP contribution in [0.4, 0.5) is 0 Å². The predicted molar refractivity (Wildman–Crippen MR) is 61.1 cm³/mol. The van der Waals surface area contributed by atoms with E-state index in [0.717, 1.165) is 5.56 Å². The van der Waals surface area contributed by atoms with E-state index in [1.54, 1.807) is 19.4 Å². The molecule has 0 fully saturated rings. The molecule has 84 valence electrons. The number of aromatic nitrogens is 1. The first-order valence-corrected chi connectivity index (χ1v) is 5.54. The molecule has 1 aromatic heterocycles. The van der Waals surface area contributed by atoms with Gasteiger partial charge in [0.05, 0.1) is 26.0 Å². The van der Waals surface area contributed by atoms with Crippen LogP contribution >= 0.6 is 15.9 Å². The van der Waals surface area contributed by atoms with E-state index in [4.69, 9.17) is 9.47 Å². The maximum absolute atomic E-state index is 11.3. The van der Waals surface area contributed by atoms with Crippen LogP contribution in [0.5, 0.6) is 5.75 Å². The molecule has 0 amide bonds. The van der Waals surface area contributed by atoms with E-state index in [2.05, 4.69) is 20.9 Å². The number of ether oxygens (including phenoxy) is 2. The van der Waals surface area contributed by atoms with Gasteiger partial charge >= 0.3 is 0 Å². The Morgan fingerprint density at radius 1 is 1.62 bits per heavy atom. The zero-order valence-corrected chi connectivity index (χ0v) is 10.2. The number of carbonyl (C=O) groups is 1. The Morgan fingerprint density at radius 2 is 2.44 bits per heavy atom. The Balaban J connectivity index is 2.35. The average Bonchev–Trinajstić information content (AvgIpc) is 2.29. The lowest BCUT2D eigenvalue weighted by atomic mass is 10.0. The molecule has 5 heteroatoms. The third kappa shape index (κ3) is 2.24. The van der Waals surface area contributed by atoms with Crippen LogP contribution in [-0.2, 0) is 9.53 Å². The summed E-state index contributed by atoms with van der Waals surface area (Å²) >= 11 is 3.28. The first kappa shape index (κ1) is 11.1. The lowest BCUT2D eigenvalue weighted by Crippen LogP contribution is -2.12. The topological polar surface area (TPSA) is 48.4 Å². The van der Waals surface area contributed by atoms with Gasteiger partial charge in [0.2, 0.25) is 0 Å². The summed E-state index contributed by atoms with van der Waals surface area (Å²) in [6.45, 7) is 0. The molecule has 0 N–H and O–H groups in total. The van der Waals surface area contributed by atoms with Crippen molar-refractivity contribution in [3.05, 3.63) is 34.8 Å². The highest BCUT2D eigenvalue weighted by molar-refractivity contribution is 9.10. The van der Waals surface area contributed by atoms with E-state index >= 15 is 0 Å². The van der Waals surface area contributed by atoms with Crippen molar-refractivity contribution in [1.29, 1.82) is 0 Å². The van der Waals surface area contributed by atoms with Crippen LogP contribution < -0.4 is 4.74 Å². The number of nitrogens with zero attached hydrogens (tertiary/aromatic N) is 1. The number of pyridine rings is 1. The molecule has 0 aromatic carbocycles. The minimum absolute atomic E-state index is 0.0474. The Morgan fingerprint density at radius 3 is 3.12 bits per heavy atom. The second-order valence-corrected chi connectivity index (χ2v) is 4.16. The molecular weight excluding hydrogens is 274 g/mol. The third-order valence-corrected chi connectivity index (χ3v) is 2.75.